The third kappa shape index (κ3) is 31.8. The summed E-state index contributed by atoms with van der Waals surface area (Å²) in [5.74, 6) is -1.32. The summed E-state index contributed by atoms with van der Waals surface area (Å²) in [6.07, 6.45) is 27.7. The Morgan fingerprint density at radius 2 is 0.909 bits per heavy atom. The van der Waals surface area contributed by atoms with Gasteiger partial charge in [0.1, 0.15) is 18.1 Å². The van der Waals surface area contributed by atoms with Crippen LogP contribution in [0.1, 0.15) is 180 Å². The molecule has 0 fully saturated rings. The van der Waals surface area contributed by atoms with Crippen molar-refractivity contribution < 1.29 is 24.0 Å². The lowest BCUT2D eigenvalue weighted by molar-refractivity contribution is -0.132. The lowest BCUT2D eigenvalue weighted by Crippen LogP contribution is -2.53. The zero-order chi connectivity index (χ0) is 40.8. The lowest BCUT2D eigenvalue weighted by atomic mass is 10.0. The van der Waals surface area contributed by atoms with Gasteiger partial charge in [-0.2, -0.15) is 0 Å². The van der Waals surface area contributed by atoms with E-state index in [0.29, 0.717) is 71.1 Å². The third-order valence-corrected chi connectivity index (χ3v) is 9.85. The highest BCUT2D eigenvalue weighted by atomic mass is 16.2. The van der Waals surface area contributed by atoms with Gasteiger partial charge in [0, 0.05) is 19.4 Å². The van der Waals surface area contributed by atoms with E-state index in [1.807, 2.05) is 0 Å². The predicted octanol–water partition coefficient (Wildman–Crippen LogP) is 5.03. The number of nitrogens with one attached hydrogen (secondary N) is 4. The Hall–Kier alpha value is -3.03. The molecular weight excluding hydrogens is 697 g/mol. The van der Waals surface area contributed by atoms with Crippen LogP contribution in [0.2, 0.25) is 0 Å². The number of primary amides is 1. The zero-order valence-corrected chi connectivity index (χ0v) is 34.7. The molecule has 3 unspecified atom stereocenters. The van der Waals surface area contributed by atoms with Crippen LogP contribution in [0, 0.1) is 0 Å². The van der Waals surface area contributed by atoms with Gasteiger partial charge >= 0.3 is 0 Å². The van der Waals surface area contributed by atoms with Crippen molar-refractivity contribution >= 4 is 29.5 Å². The standard InChI is InChI=1S/C42H82N8O5/c1-2-3-4-5-6-8-11-15-18-30-39(52)49-37(28-21-24-33-45)42(55)50-36(27-20-23-32-44)41(54)47-34-25-16-13-10-7-9-12-14-17-29-38(51)48-35(40(46)53)26-19-22-31-43/h8,11,35-37H,2-7,9-10,12-34,43-45H2,1H3,(H2,46,53)(H,47,54)(H,48,51)(H,49,52)(H,50,55)/b11-8-. The number of carbonyl (C=O) groups is 5. The van der Waals surface area contributed by atoms with Crippen molar-refractivity contribution in [3.63, 3.8) is 0 Å². The van der Waals surface area contributed by atoms with Crippen LogP contribution in [-0.2, 0) is 24.0 Å². The summed E-state index contributed by atoms with van der Waals surface area (Å²) in [7, 11) is 0. The highest BCUT2D eigenvalue weighted by Gasteiger charge is 2.26. The number of hydrogen-bond donors (Lipinski definition) is 8. The average molecular weight is 779 g/mol. The van der Waals surface area contributed by atoms with Crippen LogP contribution in [0.25, 0.3) is 0 Å². The van der Waals surface area contributed by atoms with Gasteiger partial charge < -0.3 is 44.2 Å². The molecule has 13 heteroatoms. The largest absolute Gasteiger partial charge is 0.368 e. The van der Waals surface area contributed by atoms with E-state index in [1.54, 1.807) is 0 Å². The van der Waals surface area contributed by atoms with Crippen molar-refractivity contribution in [3.8, 4) is 0 Å². The second kappa shape index (κ2) is 37.9. The van der Waals surface area contributed by atoms with Crippen molar-refractivity contribution in [1.29, 1.82) is 0 Å². The molecule has 0 aliphatic carbocycles. The number of rotatable bonds is 39. The second-order valence-electron chi connectivity index (χ2n) is 15.0. The lowest BCUT2D eigenvalue weighted by Gasteiger charge is -2.23. The maximum absolute atomic E-state index is 13.4. The molecule has 5 amide bonds. The van der Waals surface area contributed by atoms with Crippen LogP contribution < -0.4 is 44.2 Å². The fourth-order valence-corrected chi connectivity index (χ4v) is 6.39. The molecule has 0 spiro atoms. The molecule has 12 N–H and O–H groups in total. The van der Waals surface area contributed by atoms with E-state index < -0.39 is 24.0 Å². The van der Waals surface area contributed by atoms with Gasteiger partial charge in [0.05, 0.1) is 0 Å². The molecule has 320 valence electrons. The fourth-order valence-electron chi connectivity index (χ4n) is 6.39. The van der Waals surface area contributed by atoms with Gasteiger partial charge in [0.25, 0.3) is 0 Å². The topological polar surface area (TPSA) is 238 Å². The smallest absolute Gasteiger partial charge is 0.243 e. The quantitative estimate of drug-likeness (QED) is 0.0311. The molecule has 3 atom stereocenters. The van der Waals surface area contributed by atoms with Crippen LogP contribution in [-0.4, -0.2) is 73.8 Å². The van der Waals surface area contributed by atoms with Gasteiger partial charge in [0.2, 0.25) is 29.5 Å². The predicted molar refractivity (Wildman–Crippen MR) is 225 cm³/mol. The SMILES string of the molecule is CCCCCC/C=C\CCCC(=O)NC(CCCCN)C(=O)NC(CCCCN)C(=O)NCCCCCCCCCCCC(=O)NC(CCCCN)C(N)=O. The van der Waals surface area contributed by atoms with Crippen LogP contribution in [0.3, 0.4) is 0 Å². The van der Waals surface area contributed by atoms with Gasteiger partial charge in [-0.05, 0) is 116 Å². The normalized spacial score (nSPS) is 12.9. The third-order valence-electron chi connectivity index (χ3n) is 9.85. The zero-order valence-electron chi connectivity index (χ0n) is 34.7. The first-order valence-corrected chi connectivity index (χ1v) is 21.9. The second-order valence-corrected chi connectivity index (χ2v) is 15.0. The maximum Gasteiger partial charge on any atom is 0.243 e. The summed E-state index contributed by atoms with van der Waals surface area (Å²) in [6, 6.07) is -2.02. The van der Waals surface area contributed by atoms with Gasteiger partial charge in [-0.3, -0.25) is 24.0 Å². The summed E-state index contributed by atoms with van der Waals surface area (Å²) in [5, 5.41) is 11.6. The molecule has 0 aromatic carbocycles. The van der Waals surface area contributed by atoms with E-state index in [4.69, 9.17) is 22.9 Å². The van der Waals surface area contributed by atoms with E-state index in [2.05, 4.69) is 40.3 Å². The summed E-state index contributed by atoms with van der Waals surface area (Å²) in [4.78, 5) is 63.2. The van der Waals surface area contributed by atoms with Crippen molar-refractivity contribution in [3.05, 3.63) is 12.2 Å². The monoisotopic (exact) mass is 779 g/mol. The van der Waals surface area contributed by atoms with Crippen LogP contribution in [0.4, 0.5) is 0 Å². The molecule has 0 aliphatic heterocycles. The average Bonchev–Trinajstić information content (AvgIpc) is 3.16. The number of hydrogen-bond acceptors (Lipinski definition) is 8. The van der Waals surface area contributed by atoms with Crippen molar-refractivity contribution in [2.75, 3.05) is 26.2 Å². The molecule has 0 radical (unpaired) electrons. The fraction of sp³-hybridized carbons (Fsp3) is 0.833. The van der Waals surface area contributed by atoms with E-state index in [9.17, 15) is 24.0 Å². The number of allylic oxidation sites excluding steroid dienone is 2. The summed E-state index contributed by atoms with van der Waals surface area (Å²) in [5.41, 5.74) is 22.3. The Morgan fingerprint density at radius 3 is 1.44 bits per heavy atom. The first-order chi connectivity index (χ1) is 26.7. The van der Waals surface area contributed by atoms with Crippen molar-refractivity contribution in [1.82, 2.24) is 21.3 Å². The summed E-state index contributed by atoms with van der Waals surface area (Å²) in [6.45, 7) is 4.32. The first-order valence-electron chi connectivity index (χ1n) is 21.9. The minimum Gasteiger partial charge on any atom is -0.368 e. The molecule has 0 aromatic heterocycles. The van der Waals surface area contributed by atoms with Crippen LogP contribution in [0.15, 0.2) is 12.2 Å². The Kier molecular flexibility index (Phi) is 35.8. The maximum atomic E-state index is 13.4. The highest BCUT2D eigenvalue weighted by Crippen LogP contribution is 2.12. The molecule has 0 bridgehead atoms. The Bertz CT molecular complexity index is 1030. The van der Waals surface area contributed by atoms with E-state index in [1.165, 1.54) is 25.7 Å². The van der Waals surface area contributed by atoms with E-state index in [0.717, 1.165) is 103 Å². The summed E-state index contributed by atoms with van der Waals surface area (Å²) < 4.78 is 0. The molecule has 0 aliphatic rings. The van der Waals surface area contributed by atoms with Crippen molar-refractivity contribution in [2.45, 2.75) is 198 Å². The Balaban J connectivity index is 4.52. The number of amides is 5. The van der Waals surface area contributed by atoms with Crippen molar-refractivity contribution in [2.24, 2.45) is 22.9 Å². The molecule has 0 saturated heterocycles. The molecule has 0 saturated carbocycles. The Labute approximate surface area is 333 Å². The molecule has 55 heavy (non-hydrogen) atoms. The molecule has 0 rings (SSSR count). The van der Waals surface area contributed by atoms with Crippen LogP contribution in [0.5, 0.6) is 0 Å². The first kappa shape index (κ1) is 52.0. The number of unbranched alkanes of at least 4 members (excludes halogenated alkanes) is 16. The summed E-state index contributed by atoms with van der Waals surface area (Å²) >= 11 is 0. The minimum absolute atomic E-state index is 0.128. The highest BCUT2D eigenvalue weighted by molar-refractivity contribution is 5.92. The van der Waals surface area contributed by atoms with Gasteiger partial charge in [0.15, 0.2) is 0 Å². The van der Waals surface area contributed by atoms with Crippen LogP contribution >= 0.6 is 0 Å². The van der Waals surface area contributed by atoms with Gasteiger partial charge in [-0.1, -0.05) is 83.3 Å². The minimum atomic E-state index is -0.713. The molecule has 0 heterocycles. The number of nitrogens with two attached hydrogens (primary N) is 4. The van der Waals surface area contributed by atoms with E-state index >= 15 is 0 Å². The van der Waals surface area contributed by atoms with Gasteiger partial charge in [-0.25, -0.2) is 0 Å². The molecule has 0 aromatic rings. The Morgan fingerprint density at radius 1 is 0.473 bits per heavy atom. The number of carbonyl (C=O) groups excluding carboxylic acids is 5. The molecule has 13 nitrogen and oxygen atoms in total. The van der Waals surface area contributed by atoms with Gasteiger partial charge in [-0.15, -0.1) is 0 Å². The molecular formula is C42H82N8O5. The van der Waals surface area contributed by atoms with E-state index in [-0.39, 0.29) is 23.6 Å².